The van der Waals surface area contributed by atoms with Gasteiger partial charge < -0.3 is 5.32 Å². The molecule has 1 nitrogen and oxygen atoms in total. The molecule has 0 aromatic rings. The average molecular weight is 183 g/mol. The van der Waals surface area contributed by atoms with Crippen molar-refractivity contribution in [3.05, 3.63) is 0 Å². The molecule has 1 aliphatic carbocycles. The molecule has 1 fully saturated rings. The molecule has 0 unspecified atom stereocenters. The van der Waals surface area contributed by atoms with Gasteiger partial charge in [0.25, 0.3) is 0 Å². The molecule has 13 heavy (non-hydrogen) atoms. The summed E-state index contributed by atoms with van der Waals surface area (Å²) < 4.78 is 0. The molecule has 1 aliphatic rings. The van der Waals surface area contributed by atoms with E-state index in [1.54, 1.807) is 0 Å². The van der Waals surface area contributed by atoms with Crippen molar-refractivity contribution in [2.75, 3.05) is 6.54 Å². The van der Waals surface area contributed by atoms with E-state index in [0.29, 0.717) is 0 Å². The van der Waals surface area contributed by atoms with Gasteiger partial charge in [-0.15, -0.1) is 0 Å². The maximum Gasteiger partial charge on any atom is 0.00669 e. The molecule has 0 heterocycles. The van der Waals surface area contributed by atoms with Gasteiger partial charge in [-0.3, -0.25) is 0 Å². The summed E-state index contributed by atoms with van der Waals surface area (Å²) >= 11 is 0. The Kier molecular flexibility index (Phi) is 4.79. The van der Waals surface area contributed by atoms with Crippen molar-refractivity contribution >= 4 is 0 Å². The van der Waals surface area contributed by atoms with Crippen LogP contribution in [-0.2, 0) is 0 Å². The third-order valence-corrected chi connectivity index (χ3v) is 3.29. The monoisotopic (exact) mass is 183 g/mol. The Hall–Kier alpha value is -0.0400. The molecule has 0 aromatic carbocycles. The minimum atomic E-state index is 0.751. The van der Waals surface area contributed by atoms with Crippen LogP contribution in [0.25, 0.3) is 0 Å². The first kappa shape index (κ1) is 11.0. The van der Waals surface area contributed by atoms with Crippen LogP contribution in [0.5, 0.6) is 0 Å². The SMILES string of the molecule is CC(C)CCN[C@@H](C)C1CCCC1. The second-order valence-corrected chi connectivity index (χ2v) is 4.97. The van der Waals surface area contributed by atoms with Crippen LogP contribution in [0, 0.1) is 11.8 Å². The number of hydrogen-bond acceptors (Lipinski definition) is 1. The van der Waals surface area contributed by atoms with Gasteiger partial charge in [-0.25, -0.2) is 0 Å². The van der Waals surface area contributed by atoms with Crippen LogP contribution in [0.1, 0.15) is 52.9 Å². The Labute approximate surface area is 83.3 Å². The van der Waals surface area contributed by atoms with Crippen LogP contribution >= 0.6 is 0 Å². The van der Waals surface area contributed by atoms with Crippen molar-refractivity contribution < 1.29 is 0 Å². The van der Waals surface area contributed by atoms with Crippen molar-refractivity contribution in [2.24, 2.45) is 11.8 Å². The van der Waals surface area contributed by atoms with E-state index >= 15 is 0 Å². The highest BCUT2D eigenvalue weighted by molar-refractivity contribution is 4.77. The normalized spacial score (nSPS) is 21.2. The largest absolute Gasteiger partial charge is 0.314 e. The zero-order valence-corrected chi connectivity index (χ0v) is 9.47. The van der Waals surface area contributed by atoms with E-state index in [2.05, 4.69) is 26.1 Å². The molecule has 1 N–H and O–H groups in total. The summed E-state index contributed by atoms with van der Waals surface area (Å²) in [6, 6.07) is 0.751. The summed E-state index contributed by atoms with van der Waals surface area (Å²) in [7, 11) is 0. The molecular weight excluding hydrogens is 158 g/mol. The number of hydrogen-bond donors (Lipinski definition) is 1. The van der Waals surface area contributed by atoms with E-state index in [0.717, 1.165) is 17.9 Å². The van der Waals surface area contributed by atoms with Gasteiger partial charge in [0, 0.05) is 6.04 Å². The van der Waals surface area contributed by atoms with E-state index in [4.69, 9.17) is 0 Å². The highest BCUT2D eigenvalue weighted by Gasteiger charge is 2.20. The molecule has 0 aliphatic heterocycles. The maximum atomic E-state index is 3.66. The second-order valence-electron chi connectivity index (χ2n) is 4.97. The quantitative estimate of drug-likeness (QED) is 0.690. The summed E-state index contributed by atoms with van der Waals surface area (Å²) in [6.07, 6.45) is 7.14. The lowest BCUT2D eigenvalue weighted by Crippen LogP contribution is -2.33. The van der Waals surface area contributed by atoms with Gasteiger partial charge in [0.15, 0.2) is 0 Å². The van der Waals surface area contributed by atoms with E-state index < -0.39 is 0 Å². The van der Waals surface area contributed by atoms with Crippen molar-refractivity contribution in [3.8, 4) is 0 Å². The van der Waals surface area contributed by atoms with Crippen molar-refractivity contribution in [2.45, 2.75) is 58.9 Å². The average Bonchev–Trinajstić information content (AvgIpc) is 2.55. The molecule has 0 spiro atoms. The van der Waals surface area contributed by atoms with E-state index in [-0.39, 0.29) is 0 Å². The van der Waals surface area contributed by atoms with Crippen LogP contribution in [0.4, 0.5) is 0 Å². The second kappa shape index (κ2) is 5.64. The number of rotatable bonds is 5. The molecule has 1 heteroatoms. The maximum absolute atomic E-state index is 3.66. The van der Waals surface area contributed by atoms with E-state index in [1.165, 1.54) is 38.6 Å². The lowest BCUT2D eigenvalue weighted by Gasteiger charge is -2.20. The standard InChI is InChI=1S/C12H25N/c1-10(2)8-9-13-11(3)12-6-4-5-7-12/h10-13H,4-9H2,1-3H3/t11-/m0/s1. The molecule has 0 aromatic heterocycles. The molecular formula is C12H25N. The molecule has 0 bridgehead atoms. The fourth-order valence-corrected chi connectivity index (χ4v) is 2.22. The van der Waals surface area contributed by atoms with Gasteiger partial charge in [-0.1, -0.05) is 26.7 Å². The molecule has 1 saturated carbocycles. The third-order valence-electron chi connectivity index (χ3n) is 3.29. The van der Waals surface area contributed by atoms with E-state index in [1.807, 2.05) is 0 Å². The molecule has 0 radical (unpaired) electrons. The van der Waals surface area contributed by atoms with Crippen molar-refractivity contribution in [1.29, 1.82) is 0 Å². The molecule has 0 amide bonds. The fraction of sp³-hybridized carbons (Fsp3) is 1.00. The third kappa shape index (κ3) is 4.12. The van der Waals surface area contributed by atoms with Gasteiger partial charge in [0.2, 0.25) is 0 Å². The smallest absolute Gasteiger partial charge is 0.00669 e. The first-order valence-electron chi connectivity index (χ1n) is 5.93. The predicted octanol–water partition coefficient (Wildman–Crippen LogP) is 3.20. The van der Waals surface area contributed by atoms with Gasteiger partial charge >= 0.3 is 0 Å². The summed E-state index contributed by atoms with van der Waals surface area (Å²) in [5.74, 6) is 1.80. The molecule has 0 saturated heterocycles. The summed E-state index contributed by atoms with van der Waals surface area (Å²) in [5.41, 5.74) is 0. The van der Waals surface area contributed by atoms with E-state index in [9.17, 15) is 0 Å². The van der Waals surface area contributed by atoms with Gasteiger partial charge in [0.05, 0.1) is 0 Å². The van der Waals surface area contributed by atoms with Crippen LogP contribution in [-0.4, -0.2) is 12.6 Å². The van der Waals surface area contributed by atoms with Crippen LogP contribution < -0.4 is 5.32 Å². The zero-order valence-electron chi connectivity index (χ0n) is 9.47. The lowest BCUT2D eigenvalue weighted by molar-refractivity contribution is 0.370. The number of nitrogens with one attached hydrogen (secondary N) is 1. The fourth-order valence-electron chi connectivity index (χ4n) is 2.22. The van der Waals surface area contributed by atoms with Crippen molar-refractivity contribution in [1.82, 2.24) is 5.32 Å². The highest BCUT2D eigenvalue weighted by Crippen LogP contribution is 2.27. The van der Waals surface area contributed by atoms with Crippen molar-refractivity contribution in [3.63, 3.8) is 0 Å². The topological polar surface area (TPSA) is 12.0 Å². The summed E-state index contributed by atoms with van der Waals surface area (Å²) in [6.45, 7) is 8.15. The minimum absolute atomic E-state index is 0.751. The van der Waals surface area contributed by atoms with Gasteiger partial charge in [-0.2, -0.15) is 0 Å². The Bertz CT molecular complexity index is 125. The Balaban J connectivity index is 2.06. The summed E-state index contributed by atoms with van der Waals surface area (Å²) in [5, 5.41) is 3.66. The van der Waals surface area contributed by atoms with Crippen LogP contribution in [0.2, 0.25) is 0 Å². The Morgan fingerprint density at radius 3 is 2.31 bits per heavy atom. The van der Waals surface area contributed by atoms with Crippen LogP contribution in [0.3, 0.4) is 0 Å². The van der Waals surface area contributed by atoms with Crippen LogP contribution in [0.15, 0.2) is 0 Å². The Morgan fingerprint density at radius 1 is 1.15 bits per heavy atom. The predicted molar refractivity (Wildman–Crippen MR) is 58.9 cm³/mol. The lowest BCUT2D eigenvalue weighted by atomic mass is 9.99. The molecule has 1 atom stereocenters. The Morgan fingerprint density at radius 2 is 1.77 bits per heavy atom. The molecule has 78 valence electrons. The zero-order chi connectivity index (χ0) is 9.68. The van der Waals surface area contributed by atoms with Gasteiger partial charge in [-0.05, 0) is 44.6 Å². The first-order valence-corrected chi connectivity index (χ1v) is 5.93. The highest BCUT2D eigenvalue weighted by atomic mass is 14.9. The minimum Gasteiger partial charge on any atom is -0.314 e. The summed E-state index contributed by atoms with van der Waals surface area (Å²) in [4.78, 5) is 0. The van der Waals surface area contributed by atoms with Gasteiger partial charge in [0.1, 0.15) is 0 Å². The first-order chi connectivity index (χ1) is 6.20. The molecule has 1 rings (SSSR count).